The van der Waals surface area contributed by atoms with Crippen molar-refractivity contribution in [3.05, 3.63) is 89.5 Å². The summed E-state index contributed by atoms with van der Waals surface area (Å²) in [6, 6.07) is 24.2. The molecule has 0 atom stereocenters. The van der Waals surface area contributed by atoms with Crippen LogP contribution in [0.4, 0.5) is 0 Å². The van der Waals surface area contributed by atoms with Crippen LogP contribution in [0.15, 0.2) is 72.8 Å². The lowest BCUT2D eigenvalue weighted by Crippen LogP contribution is -2.03. The highest BCUT2D eigenvalue weighted by Gasteiger charge is 2.20. The highest BCUT2D eigenvalue weighted by Crippen LogP contribution is 2.42. The number of rotatable bonds is 9. The fourth-order valence-corrected chi connectivity index (χ4v) is 3.75. The molecule has 0 aromatic heterocycles. The van der Waals surface area contributed by atoms with Gasteiger partial charge < -0.3 is 13.6 Å². The first kappa shape index (κ1) is 20.2. The van der Waals surface area contributed by atoms with E-state index >= 15 is 0 Å². The third-order valence-corrected chi connectivity index (χ3v) is 5.54. The maximum Gasteiger partial charge on any atom is 0.530 e. The first-order valence-electron chi connectivity index (χ1n) is 9.81. The largest absolute Gasteiger partial charge is 0.530 e. The van der Waals surface area contributed by atoms with E-state index < -0.39 is 8.60 Å². The molecule has 4 heteroatoms. The summed E-state index contributed by atoms with van der Waals surface area (Å²) >= 11 is 0. The van der Waals surface area contributed by atoms with E-state index in [4.69, 9.17) is 13.6 Å². The Morgan fingerprint density at radius 1 is 0.536 bits per heavy atom. The van der Waals surface area contributed by atoms with Crippen LogP contribution in [0.5, 0.6) is 17.2 Å². The van der Waals surface area contributed by atoms with Crippen LogP contribution in [-0.4, -0.2) is 0 Å². The number of hydrogen-bond acceptors (Lipinski definition) is 3. The second-order valence-electron chi connectivity index (χ2n) is 6.50. The van der Waals surface area contributed by atoms with E-state index in [-0.39, 0.29) is 0 Å². The van der Waals surface area contributed by atoms with E-state index in [0.717, 1.165) is 36.5 Å². The first-order valence-corrected chi connectivity index (χ1v) is 10.9. The molecule has 3 aromatic carbocycles. The molecule has 0 amide bonds. The van der Waals surface area contributed by atoms with Gasteiger partial charge in [-0.15, -0.1) is 0 Å². The van der Waals surface area contributed by atoms with Crippen molar-refractivity contribution < 1.29 is 13.6 Å². The van der Waals surface area contributed by atoms with Gasteiger partial charge in [0.05, 0.1) is 0 Å². The minimum Gasteiger partial charge on any atom is -0.408 e. The van der Waals surface area contributed by atoms with E-state index in [1.165, 1.54) is 16.7 Å². The summed E-state index contributed by atoms with van der Waals surface area (Å²) in [6.45, 7) is 6.38. The molecule has 0 fully saturated rings. The van der Waals surface area contributed by atoms with Gasteiger partial charge in [-0.25, -0.2) is 0 Å². The lowest BCUT2D eigenvalue weighted by molar-refractivity contribution is 0.387. The van der Waals surface area contributed by atoms with Crippen molar-refractivity contribution in [1.29, 1.82) is 0 Å². The number of hydrogen-bond donors (Lipinski definition) is 0. The number of benzene rings is 3. The highest BCUT2D eigenvalue weighted by molar-refractivity contribution is 7.43. The summed E-state index contributed by atoms with van der Waals surface area (Å²) in [5.74, 6) is 2.26. The number of aryl methyl sites for hydroxylation is 3. The van der Waals surface area contributed by atoms with E-state index in [2.05, 4.69) is 39.0 Å². The molecular formula is C24H27O3P. The van der Waals surface area contributed by atoms with Gasteiger partial charge in [-0.3, -0.25) is 0 Å². The van der Waals surface area contributed by atoms with Crippen molar-refractivity contribution in [2.75, 3.05) is 0 Å². The normalized spacial score (nSPS) is 10.7. The Hall–Kier alpha value is -2.51. The molecule has 0 bridgehead atoms. The van der Waals surface area contributed by atoms with Crippen molar-refractivity contribution >= 4 is 8.60 Å². The summed E-state index contributed by atoms with van der Waals surface area (Å²) in [5.41, 5.74) is 3.65. The first-order chi connectivity index (χ1) is 13.7. The predicted molar refractivity (Wildman–Crippen MR) is 116 cm³/mol. The lowest BCUT2D eigenvalue weighted by Gasteiger charge is -2.19. The molecular weight excluding hydrogens is 367 g/mol. The smallest absolute Gasteiger partial charge is 0.408 e. The van der Waals surface area contributed by atoms with Gasteiger partial charge in [-0.1, -0.05) is 57.2 Å². The molecule has 0 spiro atoms. The fraction of sp³-hybridized carbons (Fsp3) is 0.250. The molecule has 146 valence electrons. The van der Waals surface area contributed by atoms with Crippen molar-refractivity contribution in [1.82, 2.24) is 0 Å². The van der Waals surface area contributed by atoms with Crippen molar-refractivity contribution in [2.45, 2.75) is 40.0 Å². The van der Waals surface area contributed by atoms with E-state index in [1.807, 2.05) is 54.6 Å². The van der Waals surface area contributed by atoms with Crippen molar-refractivity contribution in [3.63, 3.8) is 0 Å². The van der Waals surface area contributed by atoms with Crippen LogP contribution < -0.4 is 13.6 Å². The van der Waals surface area contributed by atoms with Crippen LogP contribution in [0.1, 0.15) is 37.5 Å². The minimum atomic E-state index is -1.64. The minimum absolute atomic E-state index is 0.753. The lowest BCUT2D eigenvalue weighted by atomic mass is 10.2. The third kappa shape index (κ3) is 5.74. The van der Waals surface area contributed by atoms with Gasteiger partial charge in [-0.05, 0) is 72.4 Å². The van der Waals surface area contributed by atoms with E-state index in [0.29, 0.717) is 0 Å². The SMILES string of the molecule is CCc1cccc(OP(Oc2cccc(CC)c2)Oc2cccc(CC)c2)c1. The van der Waals surface area contributed by atoms with Gasteiger partial charge >= 0.3 is 8.60 Å². The van der Waals surface area contributed by atoms with Crippen LogP contribution >= 0.6 is 8.60 Å². The Labute approximate surface area is 169 Å². The molecule has 28 heavy (non-hydrogen) atoms. The molecule has 0 saturated heterocycles. The van der Waals surface area contributed by atoms with Crippen molar-refractivity contribution in [3.8, 4) is 17.2 Å². The van der Waals surface area contributed by atoms with Gasteiger partial charge in [0.1, 0.15) is 17.2 Å². The van der Waals surface area contributed by atoms with E-state index in [9.17, 15) is 0 Å². The molecule has 0 aliphatic heterocycles. The Morgan fingerprint density at radius 3 is 1.14 bits per heavy atom. The average Bonchev–Trinajstić information content (AvgIpc) is 2.74. The zero-order chi connectivity index (χ0) is 19.8. The van der Waals surface area contributed by atoms with Gasteiger partial charge in [0, 0.05) is 0 Å². The quantitative estimate of drug-likeness (QED) is 0.361. The molecule has 0 radical (unpaired) electrons. The molecule has 3 rings (SSSR count). The summed E-state index contributed by atoms with van der Waals surface area (Å²) in [5, 5.41) is 0. The average molecular weight is 394 g/mol. The Balaban J connectivity index is 1.83. The summed E-state index contributed by atoms with van der Waals surface area (Å²) in [6.07, 6.45) is 2.86. The van der Waals surface area contributed by atoms with Crippen LogP contribution in [0, 0.1) is 0 Å². The van der Waals surface area contributed by atoms with Gasteiger partial charge in [-0.2, -0.15) is 0 Å². The van der Waals surface area contributed by atoms with Gasteiger partial charge in [0.2, 0.25) is 0 Å². The summed E-state index contributed by atoms with van der Waals surface area (Å²) in [7, 11) is -1.64. The second kappa shape index (κ2) is 10.1. The maximum absolute atomic E-state index is 6.13. The molecule has 0 heterocycles. The van der Waals surface area contributed by atoms with E-state index in [1.54, 1.807) is 0 Å². The van der Waals surface area contributed by atoms with Gasteiger partial charge in [0.15, 0.2) is 0 Å². The van der Waals surface area contributed by atoms with Crippen LogP contribution in [-0.2, 0) is 19.3 Å². The predicted octanol–water partition coefficient (Wildman–Crippen LogP) is 7.14. The zero-order valence-corrected chi connectivity index (χ0v) is 17.6. The monoisotopic (exact) mass is 394 g/mol. The third-order valence-electron chi connectivity index (χ3n) is 4.46. The maximum atomic E-state index is 6.13. The van der Waals surface area contributed by atoms with Crippen LogP contribution in [0.2, 0.25) is 0 Å². The Bertz CT molecular complexity index is 777. The standard InChI is InChI=1S/C24H27O3P/c1-4-19-10-7-13-22(16-19)25-28(26-23-14-8-11-20(5-2)17-23)27-24-15-9-12-21(6-3)18-24/h7-18H,4-6H2,1-3H3. The second-order valence-corrected chi connectivity index (χ2v) is 7.50. The molecule has 0 aliphatic carbocycles. The van der Waals surface area contributed by atoms with Crippen molar-refractivity contribution in [2.24, 2.45) is 0 Å². The molecule has 0 saturated carbocycles. The Morgan fingerprint density at radius 2 is 0.857 bits per heavy atom. The molecule has 0 unspecified atom stereocenters. The molecule has 3 nitrogen and oxygen atoms in total. The molecule has 0 N–H and O–H groups in total. The summed E-state index contributed by atoms with van der Waals surface area (Å²) < 4.78 is 18.4. The Kier molecular flexibility index (Phi) is 7.33. The zero-order valence-electron chi connectivity index (χ0n) is 16.7. The topological polar surface area (TPSA) is 27.7 Å². The van der Waals surface area contributed by atoms with Crippen LogP contribution in [0.3, 0.4) is 0 Å². The summed E-state index contributed by atoms with van der Waals surface area (Å²) in [4.78, 5) is 0. The molecule has 3 aromatic rings. The van der Waals surface area contributed by atoms with Gasteiger partial charge in [0.25, 0.3) is 0 Å². The van der Waals surface area contributed by atoms with Crippen LogP contribution in [0.25, 0.3) is 0 Å². The highest BCUT2D eigenvalue weighted by atomic mass is 31.2. The molecule has 0 aliphatic rings. The fourth-order valence-electron chi connectivity index (χ4n) is 2.78.